The highest BCUT2D eigenvalue weighted by molar-refractivity contribution is 5.37. The molecule has 0 aliphatic rings. The van der Waals surface area contributed by atoms with Crippen LogP contribution in [-0.4, -0.2) is 18.1 Å². The van der Waals surface area contributed by atoms with E-state index >= 15 is 0 Å². The zero-order valence-electron chi connectivity index (χ0n) is 12.4. The van der Waals surface area contributed by atoms with E-state index in [0.717, 1.165) is 12.3 Å². The molecule has 0 bridgehead atoms. The highest BCUT2D eigenvalue weighted by atomic mass is 16.5. The van der Waals surface area contributed by atoms with Crippen LogP contribution in [0.2, 0.25) is 0 Å². The molecular weight excluding hydrogens is 248 g/mol. The first-order valence-corrected chi connectivity index (χ1v) is 7.13. The van der Waals surface area contributed by atoms with E-state index in [9.17, 15) is 0 Å². The fourth-order valence-corrected chi connectivity index (χ4v) is 2.34. The van der Waals surface area contributed by atoms with Crippen LogP contribution in [0.5, 0.6) is 5.75 Å². The molecule has 3 nitrogen and oxygen atoms in total. The van der Waals surface area contributed by atoms with Crippen molar-refractivity contribution in [2.45, 2.75) is 26.8 Å². The molecule has 0 amide bonds. The van der Waals surface area contributed by atoms with Crippen LogP contribution in [0, 0.1) is 6.92 Å². The average molecular weight is 270 g/mol. The van der Waals surface area contributed by atoms with E-state index in [-0.39, 0.29) is 6.04 Å². The van der Waals surface area contributed by atoms with Crippen LogP contribution in [0.4, 0.5) is 0 Å². The van der Waals surface area contributed by atoms with E-state index < -0.39 is 0 Å². The van der Waals surface area contributed by atoms with Crippen LogP contribution in [0.1, 0.15) is 36.6 Å². The van der Waals surface area contributed by atoms with Gasteiger partial charge in [0.05, 0.1) is 12.6 Å². The third kappa shape index (κ3) is 3.36. The number of aromatic nitrogens is 1. The van der Waals surface area contributed by atoms with Crippen molar-refractivity contribution in [3.63, 3.8) is 0 Å². The van der Waals surface area contributed by atoms with Crippen molar-refractivity contribution in [3.05, 3.63) is 59.4 Å². The minimum atomic E-state index is 0.193. The second-order valence-corrected chi connectivity index (χ2v) is 4.73. The Kier molecular flexibility index (Phi) is 5.13. The lowest BCUT2D eigenvalue weighted by molar-refractivity contribution is 0.340. The van der Waals surface area contributed by atoms with Gasteiger partial charge in [0.2, 0.25) is 0 Å². The number of nitrogens with zero attached hydrogens (tertiary/aromatic N) is 1. The highest BCUT2D eigenvalue weighted by Crippen LogP contribution is 2.25. The molecule has 106 valence electrons. The summed E-state index contributed by atoms with van der Waals surface area (Å²) in [7, 11) is 0. The fraction of sp³-hybridized carbons (Fsp3) is 0.353. The standard InChI is InChI=1S/C17H22N2O/c1-4-19-17(16-10-11-18-12-13(16)3)14-6-8-15(9-7-14)20-5-2/h6-12,17,19H,4-5H2,1-3H3. The van der Waals surface area contributed by atoms with Gasteiger partial charge in [-0.05, 0) is 55.3 Å². The van der Waals surface area contributed by atoms with Gasteiger partial charge in [-0.2, -0.15) is 0 Å². The van der Waals surface area contributed by atoms with E-state index in [4.69, 9.17) is 4.74 Å². The van der Waals surface area contributed by atoms with Gasteiger partial charge in [0.15, 0.2) is 0 Å². The first-order chi connectivity index (χ1) is 9.76. The maximum Gasteiger partial charge on any atom is 0.119 e. The van der Waals surface area contributed by atoms with E-state index in [1.165, 1.54) is 16.7 Å². The number of aryl methyl sites for hydroxylation is 1. The minimum Gasteiger partial charge on any atom is -0.494 e. The Balaban J connectivity index is 2.31. The summed E-state index contributed by atoms with van der Waals surface area (Å²) in [6, 6.07) is 10.6. The molecule has 1 aromatic heterocycles. The molecule has 1 unspecified atom stereocenters. The molecule has 3 heteroatoms. The topological polar surface area (TPSA) is 34.1 Å². The van der Waals surface area contributed by atoms with E-state index in [1.807, 2.05) is 31.5 Å². The normalized spacial score (nSPS) is 12.2. The molecule has 1 atom stereocenters. The summed E-state index contributed by atoms with van der Waals surface area (Å²) in [5.41, 5.74) is 3.71. The van der Waals surface area contributed by atoms with Gasteiger partial charge in [-0.25, -0.2) is 0 Å². The Bertz CT molecular complexity index is 537. The van der Waals surface area contributed by atoms with Crippen LogP contribution >= 0.6 is 0 Å². The van der Waals surface area contributed by atoms with Crippen molar-refractivity contribution >= 4 is 0 Å². The van der Waals surface area contributed by atoms with Gasteiger partial charge in [0.1, 0.15) is 5.75 Å². The van der Waals surface area contributed by atoms with Gasteiger partial charge in [-0.3, -0.25) is 4.98 Å². The summed E-state index contributed by atoms with van der Waals surface area (Å²) in [6.07, 6.45) is 3.76. The summed E-state index contributed by atoms with van der Waals surface area (Å²) >= 11 is 0. The second kappa shape index (κ2) is 7.06. The lowest BCUT2D eigenvalue weighted by atomic mass is 9.96. The van der Waals surface area contributed by atoms with E-state index in [1.54, 1.807) is 0 Å². The monoisotopic (exact) mass is 270 g/mol. The first kappa shape index (κ1) is 14.5. The second-order valence-electron chi connectivity index (χ2n) is 4.73. The third-order valence-electron chi connectivity index (χ3n) is 3.31. The van der Waals surface area contributed by atoms with Gasteiger partial charge in [0.25, 0.3) is 0 Å². The molecule has 0 saturated carbocycles. The van der Waals surface area contributed by atoms with Gasteiger partial charge in [0, 0.05) is 12.4 Å². The van der Waals surface area contributed by atoms with Crippen LogP contribution < -0.4 is 10.1 Å². The number of nitrogens with one attached hydrogen (secondary N) is 1. The van der Waals surface area contributed by atoms with Crippen molar-refractivity contribution in [3.8, 4) is 5.75 Å². The molecule has 1 N–H and O–H groups in total. The summed E-state index contributed by atoms with van der Waals surface area (Å²) in [5.74, 6) is 0.915. The fourth-order valence-electron chi connectivity index (χ4n) is 2.34. The van der Waals surface area contributed by atoms with Crippen molar-refractivity contribution in [2.24, 2.45) is 0 Å². The number of ether oxygens (including phenoxy) is 1. The van der Waals surface area contributed by atoms with E-state index in [2.05, 4.69) is 42.3 Å². The molecular formula is C17H22N2O. The van der Waals surface area contributed by atoms with Gasteiger partial charge >= 0.3 is 0 Å². The Hall–Kier alpha value is -1.87. The van der Waals surface area contributed by atoms with Crippen LogP contribution in [0.3, 0.4) is 0 Å². The summed E-state index contributed by atoms with van der Waals surface area (Å²) < 4.78 is 5.50. The summed E-state index contributed by atoms with van der Waals surface area (Å²) in [4.78, 5) is 4.17. The minimum absolute atomic E-state index is 0.193. The highest BCUT2D eigenvalue weighted by Gasteiger charge is 2.14. The Morgan fingerprint density at radius 2 is 1.90 bits per heavy atom. The van der Waals surface area contributed by atoms with Crippen molar-refractivity contribution in [1.29, 1.82) is 0 Å². The molecule has 0 aliphatic heterocycles. The summed E-state index contributed by atoms with van der Waals surface area (Å²) in [5, 5.41) is 3.54. The zero-order chi connectivity index (χ0) is 14.4. The van der Waals surface area contributed by atoms with Crippen LogP contribution in [0.25, 0.3) is 0 Å². The van der Waals surface area contributed by atoms with Crippen molar-refractivity contribution in [2.75, 3.05) is 13.2 Å². The first-order valence-electron chi connectivity index (χ1n) is 7.13. The Morgan fingerprint density at radius 3 is 2.50 bits per heavy atom. The SMILES string of the molecule is CCNC(c1ccc(OCC)cc1)c1ccncc1C. The Morgan fingerprint density at radius 1 is 1.15 bits per heavy atom. The quantitative estimate of drug-likeness (QED) is 0.872. The van der Waals surface area contributed by atoms with Crippen molar-refractivity contribution in [1.82, 2.24) is 10.3 Å². The maximum atomic E-state index is 5.50. The van der Waals surface area contributed by atoms with Gasteiger partial charge in [-0.15, -0.1) is 0 Å². The molecule has 0 radical (unpaired) electrons. The molecule has 0 spiro atoms. The maximum absolute atomic E-state index is 5.50. The Labute approximate surface area is 121 Å². The molecule has 1 aromatic carbocycles. The molecule has 2 aromatic rings. The largest absolute Gasteiger partial charge is 0.494 e. The molecule has 0 fully saturated rings. The number of hydrogen-bond donors (Lipinski definition) is 1. The molecule has 1 heterocycles. The van der Waals surface area contributed by atoms with Gasteiger partial charge < -0.3 is 10.1 Å². The smallest absolute Gasteiger partial charge is 0.119 e. The van der Waals surface area contributed by atoms with Crippen LogP contribution in [-0.2, 0) is 0 Å². The van der Waals surface area contributed by atoms with Crippen molar-refractivity contribution < 1.29 is 4.74 Å². The van der Waals surface area contributed by atoms with E-state index in [0.29, 0.717) is 6.61 Å². The summed E-state index contributed by atoms with van der Waals surface area (Å²) in [6.45, 7) is 7.83. The predicted molar refractivity (Wildman–Crippen MR) is 82.1 cm³/mol. The molecule has 2 rings (SSSR count). The number of pyridine rings is 1. The average Bonchev–Trinajstić information content (AvgIpc) is 2.47. The zero-order valence-corrected chi connectivity index (χ0v) is 12.4. The lowest BCUT2D eigenvalue weighted by Gasteiger charge is -2.21. The molecule has 0 saturated heterocycles. The van der Waals surface area contributed by atoms with Gasteiger partial charge in [-0.1, -0.05) is 19.1 Å². The number of hydrogen-bond acceptors (Lipinski definition) is 3. The number of rotatable bonds is 6. The molecule has 0 aliphatic carbocycles. The third-order valence-corrected chi connectivity index (χ3v) is 3.31. The lowest BCUT2D eigenvalue weighted by Crippen LogP contribution is -2.22. The molecule has 20 heavy (non-hydrogen) atoms. The van der Waals surface area contributed by atoms with Crippen LogP contribution in [0.15, 0.2) is 42.7 Å². The number of benzene rings is 1. The predicted octanol–water partition coefficient (Wildman–Crippen LogP) is 3.49.